The zero-order valence-electron chi connectivity index (χ0n) is 13.1. The molecule has 8 heteroatoms. The van der Waals surface area contributed by atoms with Gasteiger partial charge in [-0.2, -0.15) is 0 Å². The highest BCUT2D eigenvalue weighted by molar-refractivity contribution is 5.92. The predicted molar refractivity (Wildman–Crippen MR) is 86.6 cm³/mol. The van der Waals surface area contributed by atoms with Crippen LogP contribution in [-0.4, -0.2) is 17.9 Å². The lowest BCUT2D eigenvalue weighted by atomic mass is 10.1. The van der Waals surface area contributed by atoms with E-state index in [-0.39, 0.29) is 17.7 Å². The molecule has 0 aliphatic rings. The van der Waals surface area contributed by atoms with E-state index in [0.29, 0.717) is 0 Å². The van der Waals surface area contributed by atoms with Gasteiger partial charge in [0.1, 0.15) is 5.82 Å². The Bertz CT molecular complexity index is 775. The van der Waals surface area contributed by atoms with Gasteiger partial charge in [0.15, 0.2) is 0 Å². The molecule has 0 spiro atoms. The second-order valence-electron chi connectivity index (χ2n) is 5.15. The van der Waals surface area contributed by atoms with Crippen molar-refractivity contribution in [1.82, 2.24) is 5.32 Å². The van der Waals surface area contributed by atoms with Gasteiger partial charge < -0.3 is 21.5 Å². The summed E-state index contributed by atoms with van der Waals surface area (Å²) >= 11 is 0. The maximum Gasteiger partial charge on any atom is 0.339 e. The molecule has 0 fully saturated rings. The lowest BCUT2D eigenvalue weighted by Crippen LogP contribution is -2.28. The van der Waals surface area contributed by atoms with E-state index in [1.165, 1.54) is 24.3 Å². The highest BCUT2D eigenvalue weighted by Crippen LogP contribution is 2.20. The molecular formula is C17H16FN3O4. The molecule has 0 heterocycles. The molecule has 3 amide bonds. The summed E-state index contributed by atoms with van der Waals surface area (Å²) in [5.74, 6) is -2.12. The molecule has 0 saturated heterocycles. The van der Waals surface area contributed by atoms with Gasteiger partial charge in [-0.1, -0.05) is 24.3 Å². The second kappa shape index (κ2) is 7.91. The van der Waals surface area contributed by atoms with Gasteiger partial charge >= 0.3 is 12.0 Å². The Labute approximate surface area is 142 Å². The first kappa shape index (κ1) is 17.9. The Balaban J connectivity index is 2.09. The largest absolute Gasteiger partial charge is 0.444 e. The van der Waals surface area contributed by atoms with Gasteiger partial charge in [0, 0.05) is 12.1 Å². The van der Waals surface area contributed by atoms with Gasteiger partial charge in [-0.05, 0) is 29.8 Å². The Morgan fingerprint density at radius 3 is 2.12 bits per heavy atom. The van der Waals surface area contributed by atoms with Crippen LogP contribution in [0.5, 0.6) is 0 Å². The maximum atomic E-state index is 13.0. The van der Waals surface area contributed by atoms with E-state index in [1.807, 2.05) is 0 Å². The summed E-state index contributed by atoms with van der Waals surface area (Å²) in [6.07, 6.45) is -1.33. The van der Waals surface area contributed by atoms with Gasteiger partial charge in [0.2, 0.25) is 6.10 Å². The van der Waals surface area contributed by atoms with E-state index in [2.05, 4.69) is 5.32 Å². The van der Waals surface area contributed by atoms with Crippen LogP contribution in [-0.2, 0) is 16.1 Å². The summed E-state index contributed by atoms with van der Waals surface area (Å²) in [5.41, 5.74) is 11.4. The number of benzene rings is 2. The zero-order valence-corrected chi connectivity index (χ0v) is 13.1. The SMILES string of the molecule is NC(=O)NCc1ccc(C(=O)OC(C(N)=O)c2ccc(F)cc2)cc1. The van der Waals surface area contributed by atoms with Gasteiger partial charge in [0.25, 0.3) is 5.91 Å². The van der Waals surface area contributed by atoms with Crippen LogP contribution in [0.2, 0.25) is 0 Å². The number of esters is 1. The van der Waals surface area contributed by atoms with Crippen LogP contribution in [0, 0.1) is 5.82 Å². The maximum absolute atomic E-state index is 13.0. The van der Waals surface area contributed by atoms with Crippen LogP contribution in [0.1, 0.15) is 27.6 Å². The number of nitrogens with one attached hydrogen (secondary N) is 1. The van der Waals surface area contributed by atoms with Crippen LogP contribution < -0.4 is 16.8 Å². The zero-order chi connectivity index (χ0) is 18.4. The molecule has 0 aromatic heterocycles. The number of carbonyl (C=O) groups is 3. The predicted octanol–water partition coefficient (Wildman–Crippen LogP) is 1.38. The first-order valence-corrected chi connectivity index (χ1v) is 7.25. The number of rotatable bonds is 6. The third-order valence-corrected chi connectivity index (χ3v) is 3.31. The first-order chi connectivity index (χ1) is 11.9. The molecule has 0 aliphatic heterocycles. The number of amides is 3. The summed E-state index contributed by atoms with van der Waals surface area (Å²) in [4.78, 5) is 34.4. The standard InChI is InChI=1S/C17H16FN3O4/c18-13-7-5-11(6-8-13)14(15(19)22)25-16(23)12-3-1-10(2-4-12)9-21-17(20)24/h1-8,14H,9H2,(H2,19,22)(H3,20,21,24). The van der Waals surface area contributed by atoms with Crippen LogP contribution in [0.15, 0.2) is 48.5 Å². The quantitative estimate of drug-likeness (QED) is 0.684. The number of primary amides is 2. The molecular weight excluding hydrogens is 329 g/mol. The average Bonchev–Trinajstić information content (AvgIpc) is 2.59. The van der Waals surface area contributed by atoms with Crippen molar-refractivity contribution < 1.29 is 23.5 Å². The van der Waals surface area contributed by atoms with E-state index in [9.17, 15) is 18.8 Å². The Morgan fingerprint density at radius 1 is 1.00 bits per heavy atom. The van der Waals surface area contributed by atoms with Gasteiger partial charge in [0.05, 0.1) is 5.56 Å². The molecule has 2 aromatic carbocycles. The van der Waals surface area contributed by atoms with Crippen molar-refractivity contribution in [2.75, 3.05) is 0 Å². The van der Waals surface area contributed by atoms with E-state index in [0.717, 1.165) is 17.7 Å². The molecule has 2 aromatic rings. The fraction of sp³-hybridized carbons (Fsp3) is 0.118. The molecule has 7 nitrogen and oxygen atoms in total. The summed E-state index contributed by atoms with van der Waals surface area (Å²) in [5, 5.41) is 2.41. The van der Waals surface area contributed by atoms with E-state index in [4.69, 9.17) is 16.2 Å². The molecule has 25 heavy (non-hydrogen) atoms. The molecule has 130 valence electrons. The van der Waals surface area contributed by atoms with E-state index < -0.39 is 29.8 Å². The fourth-order valence-electron chi connectivity index (χ4n) is 2.05. The van der Waals surface area contributed by atoms with Crippen molar-refractivity contribution in [2.24, 2.45) is 11.5 Å². The van der Waals surface area contributed by atoms with Crippen molar-refractivity contribution in [3.05, 3.63) is 71.0 Å². The number of hydrogen-bond donors (Lipinski definition) is 3. The minimum absolute atomic E-state index is 0.191. The molecule has 2 rings (SSSR count). The van der Waals surface area contributed by atoms with Crippen molar-refractivity contribution in [2.45, 2.75) is 12.6 Å². The summed E-state index contributed by atoms with van der Waals surface area (Å²) < 4.78 is 18.1. The highest BCUT2D eigenvalue weighted by Gasteiger charge is 2.23. The van der Waals surface area contributed by atoms with Crippen LogP contribution >= 0.6 is 0 Å². The van der Waals surface area contributed by atoms with Gasteiger partial charge in [-0.15, -0.1) is 0 Å². The topological polar surface area (TPSA) is 125 Å². The summed E-state index contributed by atoms with van der Waals surface area (Å²) in [6, 6.07) is 10.4. The highest BCUT2D eigenvalue weighted by atomic mass is 19.1. The number of ether oxygens (including phenoxy) is 1. The minimum Gasteiger partial charge on any atom is -0.444 e. The van der Waals surface area contributed by atoms with Crippen LogP contribution in [0.25, 0.3) is 0 Å². The van der Waals surface area contributed by atoms with Crippen molar-refractivity contribution in [1.29, 1.82) is 0 Å². The number of halogens is 1. The normalized spacial score (nSPS) is 11.4. The Hall–Kier alpha value is -3.42. The second-order valence-corrected chi connectivity index (χ2v) is 5.15. The number of urea groups is 1. The Kier molecular flexibility index (Phi) is 5.67. The molecule has 0 bridgehead atoms. The van der Waals surface area contributed by atoms with E-state index in [1.54, 1.807) is 12.1 Å². The van der Waals surface area contributed by atoms with Crippen LogP contribution in [0.4, 0.5) is 9.18 Å². The fourth-order valence-corrected chi connectivity index (χ4v) is 2.05. The lowest BCUT2D eigenvalue weighted by Gasteiger charge is -2.15. The van der Waals surface area contributed by atoms with Crippen molar-refractivity contribution in [3.8, 4) is 0 Å². The minimum atomic E-state index is -1.33. The van der Waals surface area contributed by atoms with Gasteiger partial charge in [-0.25, -0.2) is 14.0 Å². The monoisotopic (exact) mass is 345 g/mol. The smallest absolute Gasteiger partial charge is 0.339 e. The Morgan fingerprint density at radius 2 is 1.60 bits per heavy atom. The van der Waals surface area contributed by atoms with Gasteiger partial charge in [-0.3, -0.25) is 4.79 Å². The molecule has 1 unspecified atom stereocenters. The molecule has 1 atom stereocenters. The number of carbonyl (C=O) groups excluding carboxylic acids is 3. The summed E-state index contributed by atoms with van der Waals surface area (Å²) in [7, 11) is 0. The summed E-state index contributed by atoms with van der Waals surface area (Å²) in [6.45, 7) is 0.212. The molecule has 0 radical (unpaired) electrons. The van der Waals surface area contributed by atoms with Crippen molar-refractivity contribution in [3.63, 3.8) is 0 Å². The number of nitrogens with two attached hydrogens (primary N) is 2. The third-order valence-electron chi connectivity index (χ3n) is 3.31. The average molecular weight is 345 g/mol. The van der Waals surface area contributed by atoms with Crippen molar-refractivity contribution >= 4 is 17.9 Å². The number of hydrogen-bond acceptors (Lipinski definition) is 4. The lowest BCUT2D eigenvalue weighted by molar-refractivity contribution is -0.127. The molecule has 0 aliphatic carbocycles. The molecule has 0 saturated carbocycles. The van der Waals surface area contributed by atoms with Crippen LogP contribution in [0.3, 0.4) is 0 Å². The van der Waals surface area contributed by atoms with E-state index >= 15 is 0 Å². The third kappa shape index (κ3) is 5.03. The molecule has 5 N–H and O–H groups in total. The first-order valence-electron chi connectivity index (χ1n) is 7.25.